The molecule has 0 saturated heterocycles. The number of ether oxygens (including phenoxy) is 1. The summed E-state index contributed by atoms with van der Waals surface area (Å²) in [5.74, 6) is -0.436. The van der Waals surface area contributed by atoms with Gasteiger partial charge in [-0.3, -0.25) is 4.79 Å². The number of phenols is 1. The maximum atomic E-state index is 11.8. The molecular weight excluding hydrogens is 270 g/mol. The van der Waals surface area contributed by atoms with Crippen molar-refractivity contribution in [2.75, 3.05) is 7.11 Å². The van der Waals surface area contributed by atoms with E-state index in [-0.39, 0.29) is 17.6 Å². The number of amides is 1. The third-order valence-electron chi connectivity index (χ3n) is 2.81. The molecule has 114 valence electrons. The summed E-state index contributed by atoms with van der Waals surface area (Å²) in [6.45, 7) is 3.91. The van der Waals surface area contributed by atoms with E-state index >= 15 is 0 Å². The Morgan fingerprint density at radius 2 is 1.90 bits per heavy atom. The Morgan fingerprint density at radius 1 is 1.29 bits per heavy atom. The molecule has 1 amide bonds. The second kappa shape index (κ2) is 8.09. The molecule has 5 nitrogen and oxygen atoms in total. The third kappa shape index (κ3) is 6.12. The summed E-state index contributed by atoms with van der Waals surface area (Å²) in [5.41, 5.74) is 0.816. The van der Waals surface area contributed by atoms with Crippen molar-refractivity contribution in [2.45, 2.75) is 26.3 Å². The Morgan fingerprint density at radius 3 is 2.43 bits per heavy atom. The monoisotopic (exact) mass is 291 g/mol. The van der Waals surface area contributed by atoms with Crippen molar-refractivity contribution in [3.8, 4) is 5.75 Å². The highest BCUT2D eigenvalue weighted by Gasteiger charge is 2.21. The first kappa shape index (κ1) is 16.8. The van der Waals surface area contributed by atoms with Crippen LogP contribution in [0, 0.1) is 5.92 Å². The van der Waals surface area contributed by atoms with Crippen LogP contribution in [0.1, 0.15) is 19.4 Å². The molecular formula is C16H21NO4. The number of carbonyl (C=O) groups excluding carboxylic acids is 2. The molecule has 0 heterocycles. The molecule has 1 unspecified atom stereocenters. The molecule has 0 spiro atoms. The molecule has 21 heavy (non-hydrogen) atoms. The number of hydrogen-bond acceptors (Lipinski definition) is 4. The predicted octanol–water partition coefficient (Wildman–Crippen LogP) is 1.80. The fourth-order valence-electron chi connectivity index (χ4n) is 1.70. The van der Waals surface area contributed by atoms with Crippen LogP contribution >= 0.6 is 0 Å². The van der Waals surface area contributed by atoms with Crippen molar-refractivity contribution in [3.05, 3.63) is 42.0 Å². The Kier molecular flexibility index (Phi) is 6.46. The van der Waals surface area contributed by atoms with Crippen LogP contribution in [0.5, 0.6) is 5.75 Å². The molecule has 1 aromatic rings. The first-order chi connectivity index (χ1) is 9.92. The van der Waals surface area contributed by atoms with E-state index in [9.17, 15) is 14.7 Å². The van der Waals surface area contributed by atoms with E-state index in [1.165, 1.54) is 25.3 Å². The van der Waals surface area contributed by atoms with E-state index in [1.807, 2.05) is 13.8 Å². The van der Waals surface area contributed by atoms with Crippen molar-refractivity contribution in [1.29, 1.82) is 0 Å². The Labute approximate surface area is 124 Å². The number of rotatable bonds is 6. The van der Waals surface area contributed by atoms with Gasteiger partial charge in [0.05, 0.1) is 7.11 Å². The minimum atomic E-state index is -0.760. The zero-order valence-electron chi connectivity index (χ0n) is 12.5. The number of methoxy groups -OCH3 is 1. The zero-order chi connectivity index (χ0) is 15.8. The van der Waals surface area contributed by atoms with Gasteiger partial charge in [0.1, 0.15) is 11.8 Å². The van der Waals surface area contributed by atoms with Gasteiger partial charge in [0.15, 0.2) is 0 Å². The molecule has 1 atom stereocenters. The lowest BCUT2D eigenvalue weighted by Gasteiger charge is -2.15. The van der Waals surface area contributed by atoms with Crippen LogP contribution in [0.25, 0.3) is 0 Å². The van der Waals surface area contributed by atoms with Crippen LogP contribution in [0.3, 0.4) is 0 Å². The van der Waals surface area contributed by atoms with E-state index in [4.69, 9.17) is 4.74 Å². The average Bonchev–Trinajstić information content (AvgIpc) is 2.45. The van der Waals surface area contributed by atoms with Gasteiger partial charge in [0.2, 0.25) is 5.91 Å². The van der Waals surface area contributed by atoms with Crippen LogP contribution < -0.4 is 5.32 Å². The number of esters is 1. The van der Waals surface area contributed by atoms with Gasteiger partial charge in [-0.25, -0.2) is 4.79 Å². The molecule has 0 saturated carbocycles. The summed E-state index contributed by atoms with van der Waals surface area (Å²) in [5, 5.41) is 11.9. The maximum absolute atomic E-state index is 11.8. The smallest absolute Gasteiger partial charge is 0.328 e. The van der Waals surface area contributed by atoms with Gasteiger partial charge < -0.3 is 15.2 Å². The minimum absolute atomic E-state index is 0.150. The summed E-state index contributed by atoms with van der Waals surface area (Å²) in [4.78, 5) is 23.5. The fourth-order valence-corrected chi connectivity index (χ4v) is 1.70. The number of carbonyl (C=O) groups is 2. The van der Waals surface area contributed by atoms with Crippen LogP contribution in [-0.4, -0.2) is 30.1 Å². The molecule has 2 N–H and O–H groups in total. The van der Waals surface area contributed by atoms with E-state index in [2.05, 4.69) is 5.32 Å². The van der Waals surface area contributed by atoms with Crippen LogP contribution in [0.4, 0.5) is 0 Å². The number of nitrogens with one attached hydrogen (secondary N) is 1. The van der Waals surface area contributed by atoms with Gasteiger partial charge in [-0.2, -0.15) is 0 Å². The van der Waals surface area contributed by atoms with Gasteiger partial charge in [-0.15, -0.1) is 0 Å². The average molecular weight is 291 g/mol. The van der Waals surface area contributed by atoms with Gasteiger partial charge in [-0.05, 0) is 29.7 Å². The summed E-state index contributed by atoms with van der Waals surface area (Å²) < 4.78 is 4.71. The molecule has 1 rings (SSSR count). The van der Waals surface area contributed by atoms with E-state index < -0.39 is 12.0 Å². The van der Waals surface area contributed by atoms with Crippen molar-refractivity contribution in [3.63, 3.8) is 0 Å². The number of phenolic OH excluding ortho intramolecular Hbond substituents is 1. The minimum Gasteiger partial charge on any atom is -0.508 e. The quantitative estimate of drug-likeness (QED) is 0.619. The summed E-state index contributed by atoms with van der Waals surface area (Å²) in [7, 11) is 1.28. The standard InChI is InChI=1S/C16H21NO4/c1-11(2)4-9-15(19)17-14(16(20)21-3)10-12-5-7-13(18)8-6-12/h4-9,11,14,18H,10H2,1-3H3,(H,17,19)/b9-4+. The highest BCUT2D eigenvalue weighted by molar-refractivity contribution is 5.91. The van der Waals surface area contributed by atoms with Crippen molar-refractivity contribution in [1.82, 2.24) is 5.32 Å². The van der Waals surface area contributed by atoms with E-state index in [0.29, 0.717) is 6.42 Å². The molecule has 0 fully saturated rings. The van der Waals surface area contributed by atoms with Crippen LogP contribution in [0.2, 0.25) is 0 Å². The molecule has 0 aliphatic carbocycles. The predicted molar refractivity (Wildman–Crippen MR) is 79.7 cm³/mol. The topological polar surface area (TPSA) is 75.6 Å². The second-order valence-electron chi connectivity index (χ2n) is 5.06. The molecule has 0 radical (unpaired) electrons. The lowest BCUT2D eigenvalue weighted by molar-refractivity contribution is -0.144. The Balaban J connectivity index is 2.74. The maximum Gasteiger partial charge on any atom is 0.328 e. The number of allylic oxidation sites excluding steroid dienone is 1. The lowest BCUT2D eigenvalue weighted by Crippen LogP contribution is -2.42. The summed E-state index contributed by atoms with van der Waals surface area (Å²) in [6.07, 6.45) is 3.47. The Bertz CT molecular complexity index is 506. The van der Waals surface area contributed by atoms with Crippen molar-refractivity contribution in [2.24, 2.45) is 5.92 Å². The van der Waals surface area contributed by atoms with Crippen molar-refractivity contribution >= 4 is 11.9 Å². The highest BCUT2D eigenvalue weighted by atomic mass is 16.5. The zero-order valence-corrected chi connectivity index (χ0v) is 12.5. The number of hydrogen-bond donors (Lipinski definition) is 2. The number of benzene rings is 1. The van der Waals surface area contributed by atoms with Crippen LogP contribution in [0.15, 0.2) is 36.4 Å². The summed E-state index contributed by atoms with van der Waals surface area (Å²) >= 11 is 0. The van der Waals surface area contributed by atoms with Crippen molar-refractivity contribution < 1.29 is 19.4 Å². The first-order valence-electron chi connectivity index (χ1n) is 6.76. The molecule has 0 aromatic heterocycles. The molecule has 0 aliphatic heterocycles. The third-order valence-corrected chi connectivity index (χ3v) is 2.81. The normalized spacial score (nSPS) is 12.4. The largest absolute Gasteiger partial charge is 0.508 e. The molecule has 0 aliphatic rings. The van der Waals surface area contributed by atoms with E-state index in [0.717, 1.165) is 5.56 Å². The highest BCUT2D eigenvalue weighted by Crippen LogP contribution is 2.11. The van der Waals surface area contributed by atoms with Gasteiger partial charge in [0.25, 0.3) is 0 Å². The van der Waals surface area contributed by atoms with Gasteiger partial charge in [0, 0.05) is 6.42 Å². The lowest BCUT2D eigenvalue weighted by atomic mass is 10.1. The molecule has 1 aromatic carbocycles. The van der Waals surface area contributed by atoms with Crippen LogP contribution in [-0.2, 0) is 20.7 Å². The summed E-state index contributed by atoms with van der Waals surface area (Å²) in [6, 6.07) is 5.70. The molecule has 0 bridgehead atoms. The SMILES string of the molecule is COC(=O)C(Cc1ccc(O)cc1)NC(=O)/C=C/C(C)C. The number of aromatic hydroxyl groups is 1. The Hall–Kier alpha value is -2.30. The van der Waals surface area contributed by atoms with Gasteiger partial charge >= 0.3 is 5.97 Å². The van der Waals surface area contributed by atoms with Gasteiger partial charge in [-0.1, -0.05) is 32.1 Å². The first-order valence-corrected chi connectivity index (χ1v) is 6.76. The fraction of sp³-hybridized carbons (Fsp3) is 0.375. The van der Waals surface area contributed by atoms with E-state index in [1.54, 1.807) is 18.2 Å². The second-order valence-corrected chi connectivity index (χ2v) is 5.06. The molecule has 5 heteroatoms.